The number of nitrogens with one attached hydrogen (secondary N) is 1. The molecule has 2 aromatic rings. The Balaban J connectivity index is 1.95. The standard InChI is InChI=1S/C19H21NO4S/c1-13(24-15-8-10-16(25-2)11-9-15)18(21)20-17(19(22)23)12-14-6-4-3-5-7-14/h3-11,13,17H,12H2,1-2H3,(H,20,21)(H,22,23)/t13?,17-/m0/s1. The van der Waals surface area contributed by atoms with Crippen molar-refractivity contribution >= 4 is 23.6 Å². The summed E-state index contributed by atoms with van der Waals surface area (Å²) in [4.78, 5) is 24.8. The van der Waals surface area contributed by atoms with Gasteiger partial charge in [-0.05, 0) is 43.0 Å². The van der Waals surface area contributed by atoms with E-state index in [0.717, 1.165) is 10.5 Å². The molecular weight excluding hydrogens is 338 g/mol. The maximum absolute atomic E-state index is 12.3. The maximum atomic E-state index is 12.3. The predicted octanol–water partition coefficient (Wildman–Crippen LogP) is 2.99. The van der Waals surface area contributed by atoms with E-state index in [0.29, 0.717) is 5.75 Å². The smallest absolute Gasteiger partial charge is 0.326 e. The van der Waals surface area contributed by atoms with E-state index in [9.17, 15) is 14.7 Å². The summed E-state index contributed by atoms with van der Waals surface area (Å²) in [7, 11) is 0. The van der Waals surface area contributed by atoms with Crippen molar-refractivity contribution in [1.82, 2.24) is 5.32 Å². The predicted molar refractivity (Wildman–Crippen MR) is 98.0 cm³/mol. The first-order chi connectivity index (χ1) is 12.0. The van der Waals surface area contributed by atoms with E-state index in [-0.39, 0.29) is 6.42 Å². The Morgan fingerprint density at radius 3 is 2.32 bits per heavy atom. The molecule has 0 spiro atoms. The summed E-state index contributed by atoms with van der Waals surface area (Å²) in [6.07, 6.45) is 1.40. The first-order valence-corrected chi connectivity index (χ1v) is 9.10. The molecule has 0 bridgehead atoms. The molecule has 0 aliphatic rings. The molecule has 2 atom stereocenters. The SMILES string of the molecule is CSc1ccc(OC(C)C(=O)N[C@@H](Cc2ccccc2)C(=O)O)cc1. The monoisotopic (exact) mass is 359 g/mol. The van der Waals surface area contributed by atoms with Crippen molar-refractivity contribution < 1.29 is 19.4 Å². The number of benzene rings is 2. The van der Waals surface area contributed by atoms with Crippen molar-refractivity contribution in [3.05, 3.63) is 60.2 Å². The van der Waals surface area contributed by atoms with Crippen LogP contribution in [-0.2, 0) is 16.0 Å². The molecule has 0 aromatic heterocycles. The van der Waals surface area contributed by atoms with Crippen molar-refractivity contribution in [3.63, 3.8) is 0 Å². The lowest BCUT2D eigenvalue weighted by Crippen LogP contribution is -2.47. The largest absolute Gasteiger partial charge is 0.481 e. The van der Waals surface area contributed by atoms with Crippen molar-refractivity contribution in [2.45, 2.75) is 30.4 Å². The molecule has 1 unspecified atom stereocenters. The summed E-state index contributed by atoms with van der Waals surface area (Å²) in [5.41, 5.74) is 0.844. The third-order valence-corrected chi connectivity index (χ3v) is 4.38. The fourth-order valence-corrected chi connectivity index (χ4v) is 2.66. The molecule has 6 heteroatoms. The second kappa shape index (κ2) is 9.13. The molecule has 2 N–H and O–H groups in total. The molecule has 0 aliphatic carbocycles. The fourth-order valence-electron chi connectivity index (χ4n) is 2.25. The molecule has 2 aromatic carbocycles. The molecule has 5 nitrogen and oxygen atoms in total. The minimum atomic E-state index is -1.08. The quantitative estimate of drug-likeness (QED) is 0.709. The Hall–Kier alpha value is -2.47. The fraction of sp³-hybridized carbons (Fsp3) is 0.263. The lowest BCUT2D eigenvalue weighted by atomic mass is 10.1. The van der Waals surface area contributed by atoms with Gasteiger partial charge >= 0.3 is 5.97 Å². The lowest BCUT2D eigenvalue weighted by Gasteiger charge is -2.19. The van der Waals surface area contributed by atoms with Gasteiger partial charge in [0.25, 0.3) is 5.91 Å². The summed E-state index contributed by atoms with van der Waals surface area (Å²) in [5.74, 6) is -0.971. The average molecular weight is 359 g/mol. The molecule has 0 saturated heterocycles. The van der Waals surface area contributed by atoms with Crippen LogP contribution in [0.4, 0.5) is 0 Å². The molecule has 0 saturated carbocycles. The number of ether oxygens (including phenoxy) is 1. The van der Waals surface area contributed by atoms with E-state index >= 15 is 0 Å². The van der Waals surface area contributed by atoms with E-state index in [1.54, 1.807) is 30.8 Å². The Bertz CT molecular complexity index is 703. The normalized spacial score (nSPS) is 12.9. The Labute approximate surface area is 151 Å². The Kier molecular flexibility index (Phi) is 6.89. The van der Waals surface area contributed by atoms with Gasteiger partial charge < -0.3 is 15.2 Å². The van der Waals surface area contributed by atoms with Crippen LogP contribution >= 0.6 is 11.8 Å². The summed E-state index contributed by atoms with van der Waals surface area (Å²) >= 11 is 1.62. The number of hydrogen-bond donors (Lipinski definition) is 2. The number of rotatable bonds is 8. The number of carboxylic acid groups (broad SMARTS) is 1. The molecule has 0 fully saturated rings. The molecular formula is C19H21NO4S. The zero-order valence-electron chi connectivity index (χ0n) is 14.1. The van der Waals surface area contributed by atoms with Crippen molar-refractivity contribution in [1.29, 1.82) is 0 Å². The van der Waals surface area contributed by atoms with E-state index in [1.165, 1.54) is 0 Å². The summed E-state index contributed by atoms with van der Waals surface area (Å²) < 4.78 is 5.59. The van der Waals surface area contributed by atoms with E-state index in [1.807, 2.05) is 48.7 Å². The highest BCUT2D eigenvalue weighted by molar-refractivity contribution is 7.98. The van der Waals surface area contributed by atoms with Crippen LogP contribution in [0.15, 0.2) is 59.5 Å². The third kappa shape index (κ3) is 5.83. The zero-order valence-corrected chi connectivity index (χ0v) is 15.0. The Morgan fingerprint density at radius 1 is 1.12 bits per heavy atom. The first-order valence-electron chi connectivity index (χ1n) is 7.87. The number of thioether (sulfide) groups is 1. The highest BCUT2D eigenvalue weighted by Crippen LogP contribution is 2.19. The van der Waals surface area contributed by atoms with Gasteiger partial charge in [0.15, 0.2) is 6.10 Å². The molecule has 0 aliphatic heterocycles. The van der Waals surface area contributed by atoms with Crippen LogP contribution < -0.4 is 10.1 Å². The van der Waals surface area contributed by atoms with Gasteiger partial charge in [0.1, 0.15) is 11.8 Å². The van der Waals surface area contributed by atoms with Gasteiger partial charge in [-0.25, -0.2) is 4.79 Å². The molecule has 0 radical (unpaired) electrons. The molecule has 25 heavy (non-hydrogen) atoms. The Morgan fingerprint density at radius 2 is 1.76 bits per heavy atom. The van der Waals surface area contributed by atoms with Gasteiger partial charge in [-0.3, -0.25) is 4.79 Å². The molecule has 2 rings (SSSR count). The second-order valence-electron chi connectivity index (χ2n) is 5.52. The van der Waals surface area contributed by atoms with Crippen LogP contribution in [0, 0.1) is 0 Å². The zero-order chi connectivity index (χ0) is 18.2. The maximum Gasteiger partial charge on any atom is 0.326 e. The second-order valence-corrected chi connectivity index (χ2v) is 6.40. The number of carboxylic acids is 1. The van der Waals surface area contributed by atoms with Gasteiger partial charge in [0.05, 0.1) is 0 Å². The van der Waals surface area contributed by atoms with Gasteiger partial charge in [-0.2, -0.15) is 0 Å². The van der Waals surface area contributed by atoms with E-state index in [2.05, 4.69) is 5.32 Å². The van der Waals surface area contributed by atoms with Gasteiger partial charge in [0, 0.05) is 11.3 Å². The highest BCUT2D eigenvalue weighted by atomic mass is 32.2. The molecule has 0 heterocycles. The van der Waals surface area contributed by atoms with Crippen LogP contribution in [0.5, 0.6) is 5.75 Å². The third-order valence-electron chi connectivity index (χ3n) is 3.64. The van der Waals surface area contributed by atoms with Crippen molar-refractivity contribution in [3.8, 4) is 5.75 Å². The van der Waals surface area contributed by atoms with Crippen LogP contribution in [0.3, 0.4) is 0 Å². The highest BCUT2D eigenvalue weighted by Gasteiger charge is 2.24. The molecule has 1 amide bonds. The van der Waals surface area contributed by atoms with Crippen LogP contribution in [0.25, 0.3) is 0 Å². The van der Waals surface area contributed by atoms with Gasteiger partial charge in [0.2, 0.25) is 0 Å². The minimum absolute atomic E-state index is 0.219. The van der Waals surface area contributed by atoms with Gasteiger partial charge in [-0.15, -0.1) is 11.8 Å². The van der Waals surface area contributed by atoms with E-state index in [4.69, 9.17) is 4.74 Å². The lowest BCUT2D eigenvalue weighted by molar-refractivity contribution is -0.142. The van der Waals surface area contributed by atoms with Crippen molar-refractivity contribution in [2.24, 2.45) is 0 Å². The average Bonchev–Trinajstić information content (AvgIpc) is 2.62. The first kappa shape index (κ1) is 18.9. The number of aliphatic carboxylic acids is 1. The number of amides is 1. The van der Waals surface area contributed by atoms with Crippen LogP contribution in [-0.4, -0.2) is 35.4 Å². The molecule has 132 valence electrons. The van der Waals surface area contributed by atoms with Crippen molar-refractivity contribution in [2.75, 3.05) is 6.26 Å². The van der Waals surface area contributed by atoms with E-state index < -0.39 is 24.0 Å². The summed E-state index contributed by atoms with van der Waals surface area (Å²) in [6, 6.07) is 15.6. The van der Waals surface area contributed by atoms with Gasteiger partial charge in [-0.1, -0.05) is 30.3 Å². The number of carbonyl (C=O) groups is 2. The number of carbonyl (C=O) groups excluding carboxylic acids is 1. The topological polar surface area (TPSA) is 75.6 Å². The minimum Gasteiger partial charge on any atom is -0.481 e. The summed E-state index contributed by atoms with van der Waals surface area (Å²) in [5, 5.41) is 11.9. The van der Waals surface area contributed by atoms with Crippen LogP contribution in [0.1, 0.15) is 12.5 Å². The van der Waals surface area contributed by atoms with Crippen LogP contribution in [0.2, 0.25) is 0 Å². The summed E-state index contributed by atoms with van der Waals surface area (Å²) in [6.45, 7) is 1.60. The number of hydrogen-bond acceptors (Lipinski definition) is 4.